The second-order valence-electron chi connectivity index (χ2n) is 9.76. The van der Waals surface area contributed by atoms with Gasteiger partial charge in [-0.3, -0.25) is 4.79 Å². The van der Waals surface area contributed by atoms with Crippen molar-refractivity contribution in [3.8, 4) is 16.9 Å². The summed E-state index contributed by atoms with van der Waals surface area (Å²) < 4.78 is 11.9. The van der Waals surface area contributed by atoms with E-state index in [0.717, 1.165) is 39.6 Å². The van der Waals surface area contributed by atoms with Crippen LogP contribution in [0.15, 0.2) is 72.9 Å². The van der Waals surface area contributed by atoms with E-state index in [2.05, 4.69) is 43.1 Å². The van der Waals surface area contributed by atoms with Gasteiger partial charge >= 0.3 is 5.97 Å². The molecule has 178 valence electrons. The van der Waals surface area contributed by atoms with Crippen molar-refractivity contribution in [2.45, 2.75) is 39.7 Å². The van der Waals surface area contributed by atoms with E-state index in [4.69, 9.17) is 15.2 Å². The Kier molecular flexibility index (Phi) is 5.93. The van der Waals surface area contributed by atoms with E-state index >= 15 is 0 Å². The minimum absolute atomic E-state index is 0.106. The predicted octanol–water partition coefficient (Wildman–Crippen LogP) is 6.29. The number of rotatable bonds is 6. The largest absolute Gasteiger partial charge is 0.485 e. The Balaban J connectivity index is 1.54. The average molecular weight is 467 g/mol. The van der Waals surface area contributed by atoms with Crippen LogP contribution in [0, 0.1) is 5.41 Å². The van der Waals surface area contributed by atoms with E-state index in [1.807, 2.05) is 49.4 Å². The number of para-hydroxylation sites is 1. The Morgan fingerprint density at radius 1 is 1.06 bits per heavy atom. The molecule has 2 N–H and O–H groups in total. The first-order valence-corrected chi connectivity index (χ1v) is 12.0. The molecule has 1 aliphatic carbocycles. The van der Waals surface area contributed by atoms with Gasteiger partial charge in [0, 0.05) is 22.6 Å². The van der Waals surface area contributed by atoms with Crippen molar-refractivity contribution in [1.29, 1.82) is 0 Å². The molecule has 5 nitrogen and oxygen atoms in total. The first kappa shape index (κ1) is 22.9. The van der Waals surface area contributed by atoms with Gasteiger partial charge in [0.05, 0.1) is 13.0 Å². The van der Waals surface area contributed by atoms with Crippen molar-refractivity contribution >= 4 is 22.6 Å². The molecule has 1 aromatic heterocycles. The van der Waals surface area contributed by atoms with Crippen molar-refractivity contribution in [3.05, 3.63) is 89.6 Å². The number of anilines is 1. The Hall–Kier alpha value is -3.86. The van der Waals surface area contributed by atoms with E-state index in [0.29, 0.717) is 12.4 Å². The summed E-state index contributed by atoms with van der Waals surface area (Å²) in [7, 11) is 0. The maximum absolute atomic E-state index is 12.2. The SMILES string of the molecule is CCOC(=O)Cc1ccccc1OC1c2cc(-c3cccc4c(N)nccc34)ccc2CC1(C)C. The molecule has 0 spiro atoms. The van der Waals surface area contributed by atoms with Crippen molar-refractivity contribution in [1.82, 2.24) is 4.98 Å². The second-order valence-corrected chi connectivity index (χ2v) is 9.76. The first-order chi connectivity index (χ1) is 16.9. The lowest BCUT2D eigenvalue weighted by molar-refractivity contribution is -0.142. The number of ether oxygens (including phenoxy) is 2. The summed E-state index contributed by atoms with van der Waals surface area (Å²) in [6.07, 6.45) is 2.71. The molecule has 1 unspecified atom stereocenters. The molecular formula is C30H30N2O3. The van der Waals surface area contributed by atoms with Crippen molar-refractivity contribution in [2.24, 2.45) is 5.41 Å². The molecule has 1 aliphatic rings. The van der Waals surface area contributed by atoms with Crippen LogP contribution in [-0.2, 0) is 22.4 Å². The molecule has 5 rings (SSSR count). The molecule has 0 saturated carbocycles. The zero-order valence-electron chi connectivity index (χ0n) is 20.4. The standard InChI is InChI=1S/C30H30N2O3/c1-4-34-27(33)17-20-8-5-6-11-26(20)35-28-25-16-19(12-13-21(25)18-30(28,2)3)22-9-7-10-24-23(22)14-15-32-29(24)31/h5-16,28H,4,17-18H2,1-3H3,(H2,31,32). The molecule has 3 aromatic carbocycles. The van der Waals surface area contributed by atoms with Gasteiger partial charge in [-0.1, -0.05) is 62.4 Å². The normalized spacial score (nSPS) is 16.1. The molecule has 4 aromatic rings. The molecule has 0 bridgehead atoms. The minimum Gasteiger partial charge on any atom is -0.485 e. The third-order valence-electron chi connectivity index (χ3n) is 6.79. The van der Waals surface area contributed by atoms with Gasteiger partial charge in [-0.05, 0) is 59.2 Å². The summed E-state index contributed by atoms with van der Waals surface area (Å²) in [5.41, 5.74) is 11.6. The molecule has 0 amide bonds. The number of nitrogens with zero attached hydrogens (tertiary/aromatic N) is 1. The number of carbonyl (C=O) groups is 1. The van der Waals surface area contributed by atoms with Crippen LogP contribution in [0.5, 0.6) is 5.75 Å². The minimum atomic E-state index is -0.248. The highest BCUT2D eigenvalue weighted by molar-refractivity contribution is 6.01. The summed E-state index contributed by atoms with van der Waals surface area (Å²) >= 11 is 0. The van der Waals surface area contributed by atoms with Gasteiger partial charge in [-0.15, -0.1) is 0 Å². The Labute approximate surface area is 205 Å². The lowest BCUT2D eigenvalue weighted by atomic mass is 9.87. The Bertz CT molecular complexity index is 1410. The van der Waals surface area contributed by atoms with Crippen LogP contribution < -0.4 is 10.5 Å². The second kappa shape index (κ2) is 9.06. The van der Waals surface area contributed by atoms with Crippen molar-refractivity contribution < 1.29 is 14.3 Å². The fraction of sp³-hybridized carbons (Fsp3) is 0.267. The molecule has 35 heavy (non-hydrogen) atoms. The topological polar surface area (TPSA) is 74.4 Å². The van der Waals surface area contributed by atoms with Crippen LogP contribution in [-0.4, -0.2) is 17.6 Å². The molecular weight excluding hydrogens is 436 g/mol. The smallest absolute Gasteiger partial charge is 0.310 e. The van der Waals surface area contributed by atoms with Gasteiger partial charge in [0.15, 0.2) is 0 Å². The number of carbonyl (C=O) groups excluding carboxylic acids is 1. The third kappa shape index (κ3) is 4.34. The zero-order chi connectivity index (χ0) is 24.6. The summed E-state index contributed by atoms with van der Waals surface area (Å²) in [4.78, 5) is 16.4. The molecule has 0 fully saturated rings. The third-order valence-corrected chi connectivity index (χ3v) is 6.79. The number of nitrogens with two attached hydrogens (primary N) is 1. The van der Waals surface area contributed by atoms with E-state index in [9.17, 15) is 4.79 Å². The molecule has 5 heteroatoms. The molecule has 0 aliphatic heterocycles. The number of nitrogen functional groups attached to an aromatic ring is 1. The van der Waals surface area contributed by atoms with Gasteiger partial charge in [0.25, 0.3) is 0 Å². The van der Waals surface area contributed by atoms with Crippen molar-refractivity contribution in [3.63, 3.8) is 0 Å². The summed E-state index contributed by atoms with van der Waals surface area (Å²) in [5.74, 6) is 1.01. The number of esters is 1. The molecule has 1 atom stereocenters. The number of aromatic nitrogens is 1. The lowest BCUT2D eigenvalue weighted by Gasteiger charge is -2.29. The van der Waals surface area contributed by atoms with E-state index in [1.54, 1.807) is 6.20 Å². The molecule has 1 heterocycles. The first-order valence-electron chi connectivity index (χ1n) is 12.0. The van der Waals surface area contributed by atoms with Gasteiger partial charge in [0.2, 0.25) is 0 Å². The Morgan fingerprint density at radius 2 is 1.89 bits per heavy atom. The van der Waals surface area contributed by atoms with E-state index in [-0.39, 0.29) is 23.9 Å². The number of hydrogen-bond acceptors (Lipinski definition) is 5. The number of hydrogen-bond donors (Lipinski definition) is 1. The summed E-state index contributed by atoms with van der Waals surface area (Å²) in [6, 6.07) is 22.5. The number of benzene rings is 3. The summed E-state index contributed by atoms with van der Waals surface area (Å²) in [6.45, 7) is 6.64. The maximum atomic E-state index is 12.2. The van der Waals surface area contributed by atoms with Crippen LogP contribution in [0.1, 0.15) is 43.6 Å². The monoisotopic (exact) mass is 466 g/mol. The fourth-order valence-corrected chi connectivity index (χ4v) is 5.14. The zero-order valence-corrected chi connectivity index (χ0v) is 20.4. The average Bonchev–Trinajstić information content (AvgIpc) is 3.09. The highest BCUT2D eigenvalue weighted by Crippen LogP contribution is 2.49. The molecule has 0 radical (unpaired) electrons. The number of fused-ring (bicyclic) bond motifs is 2. The van der Waals surface area contributed by atoms with E-state index < -0.39 is 0 Å². The Morgan fingerprint density at radius 3 is 2.71 bits per heavy atom. The fourth-order valence-electron chi connectivity index (χ4n) is 5.14. The van der Waals surface area contributed by atoms with Crippen LogP contribution in [0.3, 0.4) is 0 Å². The van der Waals surface area contributed by atoms with Crippen molar-refractivity contribution in [2.75, 3.05) is 12.3 Å². The van der Waals surface area contributed by atoms with Crippen LogP contribution in [0.2, 0.25) is 0 Å². The summed E-state index contributed by atoms with van der Waals surface area (Å²) in [5, 5.41) is 2.03. The van der Waals surface area contributed by atoms with E-state index in [1.165, 1.54) is 11.1 Å². The highest BCUT2D eigenvalue weighted by atomic mass is 16.5. The predicted molar refractivity (Wildman–Crippen MR) is 139 cm³/mol. The van der Waals surface area contributed by atoms with Crippen LogP contribution in [0.4, 0.5) is 5.82 Å². The number of pyridine rings is 1. The van der Waals surface area contributed by atoms with Crippen LogP contribution in [0.25, 0.3) is 21.9 Å². The van der Waals surface area contributed by atoms with Gasteiger partial charge in [0.1, 0.15) is 17.7 Å². The lowest BCUT2D eigenvalue weighted by Crippen LogP contribution is -2.23. The van der Waals surface area contributed by atoms with Crippen LogP contribution >= 0.6 is 0 Å². The van der Waals surface area contributed by atoms with Gasteiger partial charge in [-0.25, -0.2) is 4.98 Å². The quantitative estimate of drug-likeness (QED) is 0.338. The maximum Gasteiger partial charge on any atom is 0.310 e. The van der Waals surface area contributed by atoms with Gasteiger partial charge in [-0.2, -0.15) is 0 Å². The molecule has 0 saturated heterocycles. The highest BCUT2D eigenvalue weighted by Gasteiger charge is 2.41. The van der Waals surface area contributed by atoms with Gasteiger partial charge < -0.3 is 15.2 Å².